The molecule has 5 rings (SSSR count). The molecule has 0 radical (unpaired) electrons. The van der Waals surface area contributed by atoms with Crippen LogP contribution in [0.25, 0.3) is 0 Å². The number of amides is 2. The molecule has 0 spiro atoms. The van der Waals surface area contributed by atoms with E-state index in [-0.39, 0.29) is 17.2 Å². The maximum Gasteiger partial charge on any atom is 0.253 e. The Morgan fingerprint density at radius 1 is 1.04 bits per heavy atom. The van der Waals surface area contributed by atoms with E-state index in [0.717, 1.165) is 43.4 Å². The van der Waals surface area contributed by atoms with E-state index in [1.807, 2.05) is 25.1 Å². The van der Waals surface area contributed by atoms with Crippen LogP contribution in [0, 0.1) is 23.2 Å². The zero-order valence-corrected chi connectivity index (χ0v) is 15.0. The summed E-state index contributed by atoms with van der Waals surface area (Å²) in [6.45, 7) is 2.68. The molecule has 4 nitrogen and oxygen atoms in total. The van der Waals surface area contributed by atoms with Gasteiger partial charge in [-0.1, -0.05) is 19.1 Å². The van der Waals surface area contributed by atoms with E-state index in [4.69, 9.17) is 0 Å². The van der Waals surface area contributed by atoms with Crippen molar-refractivity contribution in [2.45, 2.75) is 51.9 Å². The highest BCUT2D eigenvalue weighted by Gasteiger charge is 2.54. The first-order chi connectivity index (χ1) is 12.1. The second kappa shape index (κ2) is 6.47. The molecule has 1 aromatic carbocycles. The monoisotopic (exact) mass is 340 g/mol. The van der Waals surface area contributed by atoms with Gasteiger partial charge in [0, 0.05) is 6.54 Å². The molecule has 0 unspecified atom stereocenters. The largest absolute Gasteiger partial charge is 0.352 e. The molecule has 2 amide bonds. The Hall–Kier alpha value is -1.84. The van der Waals surface area contributed by atoms with Gasteiger partial charge < -0.3 is 10.6 Å². The molecule has 0 heterocycles. The number of anilines is 1. The smallest absolute Gasteiger partial charge is 0.253 e. The van der Waals surface area contributed by atoms with Crippen LogP contribution >= 0.6 is 0 Å². The number of hydrogen-bond acceptors (Lipinski definition) is 2. The fourth-order valence-corrected chi connectivity index (χ4v) is 5.77. The standard InChI is InChI=1S/C21H28N2O2/c1-2-7-22-19(24)17-5-3-4-6-18(17)23-20(25)21-11-14-8-15(12-21)10-16(9-14)13-21/h3-6,14-16H,2,7-13H2,1H3,(H,22,24)(H,23,25). The van der Waals surface area contributed by atoms with Crippen LogP contribution in [0.15, 0.2) is 24.3 Å². The SMILES string of the molecule is CCCNC(=O)c1ccccc1NC(=O)C12CC3CC(CC(C3)C1)C2. The summed E-state index contributed by atoms with van der Waals surface area (Å²) in [5.74, 6) is 2.24. The highest BCUT2D eigenvalue weighted by molar-refractivity contribution is 6.05. The van der Waals surface area contributed by atoms with E-state index in [1.54, 1.807) is 6.07 Å². The lowest BCUT2D eigenvalue weighted by molar-refractivity contribution is -0.140. The average Bonchev–Trinajstić information content (AvgIpc) is 2.59. The summed E-state index contributed by atoms with van der Waals surface area (Å²) in [7, 11) is 0. The number of para-hydroxylation sites is 1. The van der Waals surface area contributed by atoms with Crippen LogP contribution in [0.3, 0.4) is 0 Å². The van der Waals surface area contributed by atoms with Crippen molar-refractivity contribution in [1.82, 2.24) is 5.32 Å². The van der Waals surface area contributed by atoms with Crippen molar-refractivity contribution >= 4 is 17.5 Å². The number of hydrogen-bond donors (Lipinski definition) is 2. The van der Waals surface area contributed by atoms with Crippen molar-refractivity contribution in [1.29, 1.82) is 0 Å². The number of nitrogens with one attached hydrogen (secondary N) is 2. The number of rotatable bonds is 5. The van der Waals surface area contributed by atoms with Gasteiger partial charge in [-0.3, -0.25) is 9.59 Å². The first kappa shape index (κ1) is 16.6. The minimum atomic E-state index is -0.193. The van der Waals surface area contributed by atoms with Gasteiger partial charge in [0.25, 0.3) is 5.91 Å². The lowest BCUT2D eigenvalue weighted by atomic mass is 9.49. The molecule has 4 bridgehead atoms. The first-order valence-corrected chi connectivity index (χ1v) is 9.78. The summed E-state index contributed by atoms with van der Waals surface area (Å²) in [5, 5.41) is 6.03. The average molecular weight is 340 g/mol. The van der Waals surface area contributed by atoms with Gasteiger partial charge in [-0.15, -0.1) is 0 Å². The van der Waals surface area contributed by atoms with E-state index in [1.165, 1.54) is 19.3 Å². The summed E-state index contributed by atoms with van der Waals surface area (Å²) < 4.78 is 0. The molecule has 4 aliphatic carbocycles. The summed E-state index contributed by atoms with van der Waals surface area (Å²) in [6, 6.07) is 7.37. The fourth-order valence-electron chi connectivity index (χ4n) is 5.77. The van der Waals surface area contributed by atoms with Crippen LogP contribution in [0.4, 0.5) is 5.69 Å². The Balaban J connectivity index is 1.53. The van der Waals surface area contributed by atoms with E-state index in [0.29, 0.717) is 17.8 Å². The molecule has 134 valence electrons. The van der Waals surface area contributed by atoms with E-state index < -0.39 is 0 Å². The van der Waals surface area contributed by atoms with Gasteiger partial charge in [0.05, 0.1) is 16.7 Å². The minimum absolute atomic E-state index is 0.108. The van der Waals surface area contributed by atoms with E-state index in [9.17, 15) is 9.59 Å². The molecule has 4 saturated carbocycles. The van der Waals surface area contributed by atoms with Crippen LogP contribution in [-0.2, 0) is 4.79 Å². The van der Waals surface area contributed by atoms with Crippen LogP contribution < -0.4 is 10.6 Å². The number of carbonyl (C=O) groups excluding carboxylic acids is 2. The predicted molar refractivity (Wildman–Crippen MR) is 98.3 cm³/mol. The maximum atomic E-state index is 13.2. The first-order valence-electron chi connectivity index (χ1n) is 9.78. The van der Waals surface area contributed by atoms with Crippen LogP contribution in [0.5, 0.6) is 0 Å². The third-order valence-electron chi connectivity index (χ3n) is 6.48. The maximum absolute atomic E-state index is 13.2. The number of benzene rings is 1. The Bertz CT molecular complexity index is 647. The van der Waals surface area contributed by atoms with Gasteiger partial charge in [-0.05, 0) is 74.8 Å². The third kappa shape index (κ3) is 3.07. The zero-order valence-electron chi connectivity index (χ0n) is 15.0. The van der Waals surface area contributed by atoms with Crippen molar-refractivity contribution in [3.63, 3.8) is 0 Å². The van der Waals surface area contributed by atoms with Gasteiger partial charge in [0.2, 0.25) is 5.91 Å². The van der Waals surface area contributed by atoms with Crippen molar-refractivity contribution in [3.8, 4) is 0 Å². The Kier molecular flexibility index (Phi) is 4.30. The lowest BCUT2D eigenvalue weighted by Gasteiger charge is -2.55. The lowest BCUT2D eigenvalue weighted by Crippen LogP contribution is -2.51. The molecular formula is C21H28N2O2. The molecular weight excluding hydrogens is 312 g/mol. The molecule has 1 aromatic rings. The second-order valence-electron chi connectivity index (χ2n) is 8.45. The molecule has 4 fully saturated rings. The van der Waals surface area contributed by atoms with Crippen molar-refractivity contribution in [3.05, 3.63) is 29.8 Å². The van der Waals surface area contributed by atoms with Crippen LogP contribution in [0.2, 0.25) is 0 Å². The fraction of sp³-hybridized carbons (Fsp3) is 0.619. The molecule has 0 atom stereocenters. The summed E-state index contributed by atoms with van der Waals surface area (Å²) in [4.78, 5) is 25.6. The van der Waals surface area contributed by atoms with Gasteiger partial charge in [0.15, 0.2) is 0 Å². The molecule has 25 heavy (non-hydrogen) atoms. The van der Waals surface area contributed by atoms with Gasteiger partial charge in [0.1, 0.15) is 0 Å². The quantitative estimate of drug-likeness (QED) is 0.852. The molecule has 0 aromatic heterocycles. The number of carbonyl (C=O) groups is 2. The zero-order chi connectivity index (χ0) is 17.4. The second-order valence-corrected chi connectivity index (χ2v) is 8.45. The molecule has 0 aliphatic heterocycles. The molecule has 2 N–H and O–H groups in total. The van der Waals surface area contributed by atoms with Gasteiger partial charge in [-0.25, -0.2) is 0 Å². The van der Waals surface area contributed by atoms with Gasteiger partial charge in [-0.2, -0.15) is 0 Å². The Morgan fingerprint density at radius 3 is 2.24 bits per heavy atom. The minimum Gasteiger partial charge on any atom is -0.352 e. The summed E-state index contributed by atoms with van der Waals surface area (Å²) in [5.41, 5.74) is 1.02. The van der Waals surface area contributed by atoms with Crippen molar-refractivity contribution < 1.29 is 9.59 Å². The van der Waals surface area contributed by atoms with E-state index >= 15 is 0 Å². The Morgan fingerprint density at radius 2 is 1.64 bits per heavy atom. The van der Waals surface area contributed by atoms with Crippen molar-refractivity contribution in [2.75, 3.05) is 11.9 Å². The van der Waals surface area contributed by atoms with Crippen LogP contribution in [0.1, 0.15) is 62.2 Å². The highest BCUT2D eigenvalue weighted by atomic mass is 16.2. The summed E-state index contributed by atoms with van der Waals surface area (Å²) >= 11 is 0. The third-order valence-corrected chi connectivity index (χ3v) is 6.48. The topological polar surface area (TPSA) is 58.2 Å². The highest BCUT2D eigenvalue weighted by Crippen LogP contribution is 2.60. The van der Waals surface area contributed by atoms with Crippen LogP contribution in [-0.4, -0.2) is 18.4 Å². The summed E-state index contributed by atoms with van der Waals surface area (Å²) in [6.07, 6.45) is 7.97. The molecule has 0 saturated heterocycles. The van der Waals surface area contributed by atoms with E-state index in [2.05, 4.69) is 10.6 Å². The molecule has 4 heteroatoms. The van der Waals surface area contributed by atoms with Crippen molar-refractivity contribution in [2.24, 2.45) is 23.2 Å². The predicted octanol–water partition coefficient (Wildman–Crippen LogP) is 3.98. The Labute approximate surface area is 149 Å². The normalized spacial score (nSPS) is 32.4. The van der Waals surface area contributed by atoms with Gasteiger partial charge >= 0.3 is 0 Å². The molecule has 4 aliphatic rings.